The van der Waals surface area contributed by atoms with E-state index in [4.69, 9.17) is 10.5 Å². The normalized spacial score (nSPS) is 23.3. The second kappa shape index (κ2) is 8.88. The van der Waals surface area contributed by atoms with Crippen molar-refractivity contribution in [3.05, 3.63) is 12.1 Å². The predicted octanol–water partition coefficient (Wildman–Crippen LogP) is -0.0501. The zero-order valence-electron chi connectivity index (χ0n) is 15.1. The van der Waals surface area contributed by atoms with Crippen LogP contribution < -0.4 is 5.73 Å². The summed E-state index contributed by atoms with van der Waals surface area (Å²) in [6, 6.07) is 1.21. The summed E-state index contributed by atoms with van der Waals surface area (Å²) < 4.78 is 10.0. The molecule has 1 aliphatic carbocycles. The Bertz CT molecular complexity index is 766. The first-order chi connectivity index (χ1) is 13.2. The summed E-state index contributed by atoms with van der Waals surface area (Å²) >= 11 is 0. The third-order valence-corrected chi connectivity index (χ3v) is 7.12. The molecule has 1 aliphatic rings. The molecular formula is C16H20N2O8S2. The predicted molar refractivity (Wildman–Crippen MR) is 101 cm³/mol. The highest BCUT2D eigenvalue weighted by molar-refractivity contribution is 8.77. The van der Waals surface area contributed by atoms with Crippen molar-refractivity contribution in [2.75, 3.05) is 20.0 Å². The Morgan fingerprint density at radius 2 is 1.86 bits per heavy atom. The number of hydrogen-bond acceptors (Lipinski definition) is 11. The largest absolute Gasteiger partial charge is 0.494 e. The number of nitrogens with two attached hydrogens (primary N) is 1. The topological polar surface area (TPSA) is 158 Å². The maximum Gasteiger partial charge on any atom is 0.341 e. The van der Waals surface area contributed by atoms with Crippen LogP contribution in [0.5, 0.6) is 11.8 Å². The fourth-order valence-corrected chi connectivity index (χ4v) is 5.97. The summed E-state index contributed by atoms with van der Waals surface area (Å²) in [5, 5.41) is 19.0. The van der Waals surface area contributed by atoms with Crippen LogP contribution in [0, 0.1) is 0 Å². The van der Waals surface area contributed by atoms with Crippen molar-refractivity contribution in [1.82, 2.24) is 4.57 Å². The molecule has 3 atom stereocenters. The van der Waals surface area contributed by atoms with Crippen molar-refractivity contribution in [3.8, 4) is 11.8 Å². The van der Waals surface area contributed by atoms with E-state index in [0.29, 0.717) is 4.57 Å². The summed E-state index contributed by atoms with van der Waals surface area (Å²) in [4.78, 5) is 49.8. The SMILES string of the molecule is COC(=O)C(N)CSSC1C(=O)CCC(=O)[C@]1(C(=O)OC)n1c(O)ccc1O. The van der Waals surface area contributed by atoms with Crippen LogP contribution in [0.1, 0.15) is 12.8 Å². The molecule has 1 aromatic heterocycles. The highest BCUT2D eigenvalue weighted by atomic mass is 33.1. The Morgan fingerprint density at radius 3 is 2.39 bits per heavy atom. The molecule has 4 N–H and O–H groups in total. The third-order valence-electron chi connectivity index (χ3n) is 4.30. The standard InChI is InChI=1S/C16H20N2O8S2/c1-25-14(23)8(17)7-27-28-13-9(19)3-4-10(20)16(13,15(24)26-2)18-11(21)5-6-12(18)22/h5-6,8,13,21-22H,3-4,7,17H2,1-2H3/t8?,13?,16-/m0/s1. The van der Waals surface area contributed by atoms with Gasteiger partial charge in [-0.15, -0.1) is 0 Å². The van der Waals surface area contributed by atoms with Gasteiger partial charge >= 0.3 is 11.9 Å². The number of aromatic nitrogens is 1. The fraction of sp³-hybridized carbons (Fsp3) is 0.500. The van der Waals surface area contributed by atoms with Gasteiger partial charge in [-0.1, -0.05) is 21.6 Å². The molecule has 0 amide bonds. The fourth-order valence-electron chi connectivity index (χ4n) is 2.95. The van der Waals surface area contributed by atoms with Gasteiger partial charge in [0.25, 0.3) is 0 Å². The maximum absolute atomic E-state index is 12.9. The van der Waals surface area contributed by atoms with Crippen LogP contribution in [-0.4, -0.2) is 69.5 Å². The highest BCUT2D eigenvalue weighted by Gasteiger charge is 2.61. The Balaban J connectivity index is 2.46. The lowest BCUT2D eigenvalue weighted by atomic mass is 9.78. The van der Waals surface area contributed by atoms with Gasteiger partial charge in [-0.05, 0) is 0 Å². The molecule has 154 valence electrons. The van der Waals surface area contributed by atoms with E-state index in [1.54, 1.807) is 0 Å². The summed E-state index contributed by atoms with van der Waals surface area (Å²) in [5.41, 5.74) is 3.38. The molecule has 10 nitrogen and oxygen atoms in total. The van der Waals surface area contributed by atoms with Crippen LogP contribution in [0.3, 0.4) is 0 Å². The Hall–Kier alpha value is -2.18. The van der Waals surface area contributed by atoms with Crippen LogP contribution in [0.2, 0.25) is 0 Å². The van der Waals surface area contributed by atoms with Gasteiger partial charge in [0.2, 0.25) is 5.54 Å². The molecular weight excluding hydrogens is 412 g/mol. The van der Waals surface area contributed by atoms with E-state index in [1.165, 1.54) is 7.11 Å². The minimum atomic E-state index is -2.28. The van der Waals surface area contributed by atoms with Crippen molar-refractivity contribution in [2.45, 2.75) is 29.7 Å². The van der Waals surface area contributed by atoms with E-state index < -0.39 is 52.1 Å². The Labute approximate surface area is 168 Å². The van der Waals surface area contributed by atoms with Crippen LogP contribution in [0.4, 0.5) is 0 Å². The van der Waals surface area contributed by atoms with Gasteiger partial charge < -0.3 is 25.4 Å². The quantitative estimate of drug-likeness (QED) is 0.301. The average molecular weight is 432 g/mol. The molecule has 28 heavy (non-hydrogen) atoms. The van der Waals surface area contributed by atoms with Crippen molar-refractivity contribution >= 4 is 45.1 Å². The van der Waals surface area contributed by atoms with Gasteiger partial charge in [-0.2, -0.15) is 0 Å². The lowest BCUT2D eigenvalue weighted by molar-refractivity contribution is -0.160. The summed E-state index contributed by atoms with van der Waals surface area (Å²) in [6.45, 7) is 0. The Kier molecular flexibility index (Phi) is 7.01. The van der Waals surface area contributed by atoms with E-state index in [1.807, 2.05) is 0 Å². The molecule has 1 saturated carbocycles. The number of aromatic hydroxyl groups is 2. The van der Waals surface area contributed by atoms with Crippen molar-refractivity contribution in [3.63, 3.8) is 0 Å². The number of carbonyl (C=O) groups is 4. The molecule has 1 aromatic rings. The van der Waals surface area contributed by atoms with Gasteiger partial charge in [-0.3, -0.25) is 19.0 Å². The van der Waals surface area contributed by atoms with Crippen LogP contribution in [0.15, 0.2) is 12.1 Å². The minimum absolute atomic E-state index is 0.0379. The van der Waals surface area contributed by atoms with E-state index in [2.05, 4.69) is 4.74 Å². The number of esters is 2. The molecule has 0 radical (unpaired) electrons. The van der Waals surface area contributed by atoms with Gasteiger partial charge in [0.05, 0.1) is 14.2 Å². The highest BCUT2D eigenvalue weighted by Crippen LogP contribution is 2.47. The molecule has 0 spiro atoms. The zero-order chi connectivity index (χ0) is 21.1. The molecule has 12 heteroatoms. The van der Waals surface area contributed by atoms with E-state index in [9.17, 15) is 29.4 Å². The van der Waals surface area contributed by atoms with Gasteiger partial charge in [0.15, 0.2) is 23.3 Å². The van der Waals surface area contributed by atoms with Crippen LogP contribution in [0.25, 0.3) is 0 Å². The smallest absolute Gasteiger partial charge is 0.341 e. The molecule has 0 aromatic carbocycles. The average Bonchev–Trinajstić information content (AvgIpc) is 3.02. The molecule has 2 unspecified atom stereocenters. The number of Topliss-reactive ketones (excluding diaryl/α,β-unsaturated/α-hetero) is 2. The number of rotatable bonds is 7. The molecule has 1 fully saturated rings. The summed E-state index contributed by atoms with van der Waals surface area (Å²) in [5.74, 6) is -3.99. The number of ketones is 2. The van der Waals surface area contributed by atoms with Crippen molar-refractivity contribution in [2.24, 2.45) is 5.73 Å². The van der Waals surface area contributed by atoms with Crippen molar-refractivity contribution < 1.29 is 38.9 Å². The van der Waals surface area contributed by atoms with Crippen LogP contribution >= 0.6 is 21.6 Å². The molecule has 0 aliphatic heterocycles. The first-order valence-corrected chi connectivity index (χ1v) is 10.5. The number of ether oxygens (including phenoxy) is 2. The summed E-state index contributed by atoms with van der Waals surface area (Å²) in [7, 11) is 4.06. The molecule has 2 rings (SSSR count). The number of carbonyl (C=O) groups excluding carboxylic acids is 4. The molecule has 0 saturated heterocycles. The number of nitrogens with zero attached hydrogens (tertiary/aromatic N) is 1. The van der Waals surface area contributed by atoms with Crippen molar-refractivity contribution in [1.29, 1.82) is 0 Å². The van der Waals surface area contributed by atoms with E-state index in [0.717, 1.165) is 40.8 Å². The van der Waals surface area contributed by atoms with Gasteiger partial charge in [-0.25, -0.2) is 4.79 Å². The van der Waals surface area contributed by atoms with Gasteiger partial charge in [0.1, 0.15) is 11.3 Å². The van der Waals surface area contributed by atoms with E-state index >= 15 is 0 Å². The number of hydrogen-bond donors (Lipinski definition) is 3. The minimum Gasteiger partial charge on any atom is -0.494 e. The Morgan fingerprint density at radius 1 is 1.25 bits per heavy atom. The molecule has 0 bridgehead atoms. The lowest BCUT2D eigenvalue weighted by Crippen LogP contribution is -2.61. The van der Waals surface area contributed by atoms with Gasteiger partial charge in [0, 0.05) is 30.7 Å². The monoisotopic (exact) mass is 432 g/mol. The second-order valence-electron chi connectivity index (χ2n) is 5.92. The first kappa shape index (κ1) is 22.1. The zero-order valence-corrected chi connectivity index (χ0v) is 16.7. The summed E-state index contributed by atoms with van der Waals surface area (Å²) in [6.07, 6.45) is -0.365. The first-order valence-electron chi connectivity index (χ1n) is 8.08. The lowest BCUT2D eigenvalue weighted by Gasteiger charge is -2.39. The molecule has 1 heterocycles. The van der Waals surface area contributed by atoms with E-state index in [-0.39, 0.29) is 18.6 Å². The second-order valence-corrected chi connectivity index (χ2v) is 8.44. The maximum atomic E-state index is 12.9. The third kappa shape index (κ3) is 3.71. The number of methoxy groups -OCH3 is 2. The van der Waals surface area contributed by atoms with Crippen LogP contribution in [-0.2, 0) is 34.2 Å².